The van der Waals surface area contributed by atoms with Gasteiger partial charge >= 0.3 is 0 Å². The van der Waals surface area contributed by atoms with Crippen molar-refractivity contribution in [3.05, 3.63) is 34.9 Å². The fourth-order valence-electron chi connectivity index (χ4n) is 4.45. The van der Waals surface area contributed by atoms with E-state index in [2.05, 4.69) is 42.3 Å². The predicted octanol–water partition coefficient (Wildman–Crippen LogP) is 5.14. The van der Waals surface area contributed by atoms with Crippen LogP contribution in [0.2, 0.25) is 0 Å². The van der Waals surface area contributed by atoms with Crippen molar-refractivity contribution < 1.29 is 4.79 Å². The van der Waals surface area contributed by atoms with E-state index in [0.717, 1.165) is 49.5 Å². The van der Waals surface area contributed by atoms with Crippen LogP contribution in [0.1, 0.15) is 56.1 Å². The van der Waals surface area contributed by atoms with E-state index in [1.165, 1.54) is 47.1 Å². The normalized spacial score (nSPS) is 18.4. The van der Waals surface area contributed by atoms with Crippen LogP contribution in [0, 0.1) is 19.8 Å². The second-order valence-corrected chi connectivity index (χ2v) is 9.34. The van der Waals surface area contributed by atoms with Gasteiger partial charge in [0.25, 0.3) is 0 Å². The summed E-state index contributed by atoms with van der Waals surface area (Å²) in [5.74, 6) is 0.391. The van der Waals surface area contributed by atoms with Crippen LogP contribution in [0.15, 0.2) is 23.8 Å². The van der Waals surface area contributed by atoms with Crippen LogP contribution in [0.5, 0.6) is 0 Å². The number of benzene rings is 1. The summed E-state index contributed by atoms with van der Waals surface area (Å²) in [7, 11) is 0. The number of fused-ring (bicyclic) bond motifs is 1. The van der Waals surface area contributed by atoms with Gasteiger partial charge in [-0.1, -0.05) is 29.1 Å². The second kappa shape index (κ2) is 8.64. The van der Waals surface area contributed by atoms with Gasteiger partial charge in [-0.3, -0.25) is 4.79 Å². The molecule has 0 atom stereocenters. The van der Waals surface area contributed by atoms with Gasteiger partial charge in [0.05, 0.1) is 10.2 Å². The van der Waals surface area contributed by atoms with Crippen molar-refractivity contribution >= 4 is 32.6 Å². The molecule has 1 N–H and O–H groups in total. The molecular weight excluding hydrogens is 366 g/mol. The first-order chi connectivity index (χ1) is 13.6. The summed E-state index contributed by atoms with van der Waals surface area (Å²) in [4.78, 5) is 19.8. The molecule has 1 aromatic carbocycles. The fraction of sp³-hybridized carbons (Fsp3) is 0.565. The molecule has 0 bridgehead atoms. The lowest BCUT2D eigenvalue weighted by Gasteiger charge is -2.31. The number of carbonyl (C=O) groups excluding carboxylic acids is 1. The average molecular weight is 398 g/mol. The monoisotopic (exact) mass is 397 g/mol. The van der Waals surface area contributed by atoms with Crippen LogP contribution >= 0.6 is 11.3 Å². The summed E-state index contributed by atoms with van der Waals surface area (Å²) < 4.78 is 1.27. The highest BCUT2D eigenvalue weighted by atomic mass is 32.1. The molecule has 28 heavy (non-hydrogen) atoms. The number of rotatable bonds is 5. The van der Waals surface area contributed by atoms with E-state index in [1.807, 2.05) is 0 Å². The van der Waals surface area contributed by atoms with E-state index in [4.69, 9.17) is 4.98 Å². The molecule has 1 aliphatic heterocycles. The average Bonchev–Trinajstić information content (AvgIpc) is 3.13. The van der Waals surface area contributed by atoms with Crippen molar-refractivity contribution in [2.24, 2.45) is 5.92 Å². The minimum Gasteiger partial charge on any atom is -0.356 e. The summed E-state index contributed by atoms with van der Waals surface area (Å²) in [5, 5.41) is 4.28. The van der Waals surface area contributed by atoms with E-state index in [0.29, 0.717) is 0 Å². The Kier molecular flexibility index (Phi) is 6.00. The molecule has 4 nitrogen and oxygen atoms in total. The standard InChI is InChI=1S/C23H31N3OS/c1-16-14-17(2)21-20(15-16)28-23(25-21)26-12-9-19(10-13-26)22(27)24-11-8-18-6-4-3-5-7-18/h6,14-15,19H,3-5,7-13H2,1-2H3,(H,24,27). The molecule has 1 amide bonds. The summed E-state index contributed by atoms with van der Waals surface area (Å²) in [6, 6.07) is 4.43. The Balaban J connectivity index is 1.29. The molecule has 1 saturated heterocycles. The molecule has 150 valence electrons. The number of aryl methyl sites for hydroxylation is 2. The Morgan fingerprint density at radius 2 is 2.07 bits per heavy atom. The third kappa shape index (κ3) is 4.40. The minimum atomic E-state index is 0.148. The van der Waals surface area contributed by atoms with E-state index >= 15 is 0 Å². The molecule has 0 unspecified atom stereocenters. The van der Waals surface area contributed by atoms with Crippen molar-refractivity contribution in [2.45, 2.75) is 58.8 Å². The highest BCUT2D eigenvalue weighted by Crippen LogP contribution is 2.33. The molecular formula is C23H31N3OS. The Hall–Kier alpha value is -1.88. The van der Waals surface area contributed by atoms with E-state index in [1.54, 1.807) is 11.3 Å². The van der Waals surface area contributed by atoms with Crippen molar-refractivity contribution in [1.29, 1.82) is 0 Å². The van der Waals surface area contributed by atoms with Gasteiger partial charge in [-0.25, -0.2) is 4.98 Å². The van der Waals surface area contributed by atoms with Gasteiger partial charge in [-0.2, -0.15) is 0 Å². The number of allylic oxidation sites excluding steroid dienone is 1. The zero-order valence-corrected chi connectivity index (χ0v) is 17.9. The lowest BCUT2D eigenvalue weighted by atomic mass is 9.95. The quantitative estimate of drug-likeness (QED) is 0.711. The zero-order chi connectivity index (χ0) is 19.5. The molecule has 0 radical (unpaired) electrons. The van der Waals surface area contributed by atoms with Crippen molar-refractivity contribution in [2.75, 3.05) is 24.5 Å². The van der Waals surface area contributed by atoms with Crippen LogP contribution in [0.4, 0.5) is 5.13 Å². The summed E-state index contributed by atoms with van der Waals surface area (Å²) >= 11 is 1.78. The highest BCUT2D eigenvalue weighted by molar-refractivity contribution is 7.22. The molecule has 2 aromatic rings. The first-order valence-electron chi connectivity index (χ1n) is 10.7. The SMILES string of the molecule is Cc1cc(C)c2nc(N3CCC(C(=O)NCCC4=CCCCC4)CC3)sc2c1. The third-order valence-electron chi connectivity index (χ3n) is 6.09. The van der Waals surface area contributed by atoms with Gasteiger partial charge in [0.2, 0.25) is 5.91 Å². The Bertz CT molecular complexity index is 877. The van der Waals surface area contributed by atoms with E-state index < -0.39 is 0 Å². The fourth-order valence-corrected chi connectivity index (χ4v) is 5.64. The van der Waals surface area contributed by atoms with Crippen molar-refractivity contribution in [3.63, 3.8) is 0 Å². The third-order valence-corrected chi connectivity index (χ3v) is 7.15. The number of nitrogens with zero attached hydrogens (tertiary/aromatic N) is 2. The lowest BCUT2D eigenvalue weighted by molar-refractivity contribution is -0.125. The van der Waals surface area contributed by atoms with Crippen LogP contribution < -0.4 is 10.2 Å². The molecule has 1 aliphatic carbocycles. The number of carbonyl (C=O) groups is 1. The van der Waals surface area contributed by atoms with Gasteiger partial charge in [-0.05, 0) is 76.0 Å². The minimum absolute atomic E-state index is 0.148. The molecule has 2 heterocycles. The van der Waals surface area contributed by atoms with Gasteiger partial charge in [0.1, 0.15) is 0 Å². The number of hydrogen-bond donors (Lipinski definition) is 1. The Morgan fingerprint density at radius 1 is 1.25 bits per heavy atom. The first-order valence-corrected chi connectivity index (χ1v) is 11.5. The summed E-state index contributed by atoms with van der Waals surface area (Å²) in [6.45, 7) is 6.91. The van der Waals surface area contributed by atoms with Crippen molar-refractivity contribution in [1.82, 2.24) is 10.3 Å². The van der Waals surface area contributed by atoms with Crippen LogP contribution in [-0.2, 0) is 4.79 Å². The zero-order valence-electron chi connectivity index (χ0n) is 17.1. The first kappa shape index (κ1) is 19.4. The van der Waals surface area contributed by atoms with E-state index in [-0.39, 0.29) is 11.8 Å². The maximum Gasteiger partial charge on any atom is 0.223 e. The number of piperidine rings is 1. The second-order valence-electron chi connectivity index (χ2n) is 8.34. The van der Waals surface area contributed by atoms with E-state index in [9.17, 15) is 4.79 Å². The molecule has 1 aromatic heterocycles. The van der Waals surface area contributed by atoms with Gasteiger partial charge in [0.15, 0.2) is 5.13 Å². The smallest absolute Gasteiger partial charge is 0.223 e. The maximum absolute atomic E-state index is 12.5. The molecule has 5 heteroatoms. The van der Waals surface area contributed by atoms with Gasteiger partial charge in [-0.15, -0.1) is 0 Å². The number of amides is 1. The Labute approximate surface area is 172 Å². The largest absolute Gasteiger partial charge is 0.356 e. The number of hydrogen-bond acceptors (Lipinski definition) is 4. The van der Waals surface area contributed by atoms with Crippen molar-refractivity contribution in [3.8, 4) is 0 Å². The summed E-state index contributed by atoms with van der Waals surface area (Å²) in [6.07, 6.45) is 10.3. The Morgan fingerprint density at radius 3 is 2.82 bits per heavy atom. The number of thiazole rings is 1. The molecule has 4 rings (SSSR count). The molecule has 0 spiro atoms. The van der Waals surface area contributed by atoms with Crippen LogP contribution in [0.25, 0.3) is 10.2 Å². The molecule has 1 fully saturated rings. The molecule has 2 aliphatic rings. The van der Waals surface area contributed by atoms with Crippen LogP contribution in [0.3, 0.4) is 0 Å². The molecule has 0 saturated carbocycles. The number of aromatic nitrogens is 1. The lowest BCUT2D eigenvalue weighted by Crippen LogP contribution is -2.40. The number of anilines is 1. The predicted molar refractivity (Wildman–Crippen MR) is 118 cm³/mol. The van der Waals surface area contributed by atoms with Gasteiger partial charge < -0.3 is 10.2 Å². The topological polar surface area (TPSA) is 45.2 Å². The van der Waals surface area contributed by atoms with Crippen LogP contribution in [-0.4, -0.2) is 30.5 Å². The number of nitrogens with one attached hydrogen (secondary N) is 1. The van der Waals surface area contributed by atoms with Gasteiger partial charge in [0, 0.05) is 25.6 Å². The summed E-state index contributed by atoms with van der Waals surface area (Å²) in [5.41, 5.74) is 5.20. The maximum atomic E-state index is 12.5. The highest BCUT2D eigenvalue weighted by Gasteiger charge is 2.26.